The van der Waals surface area contributed by atoms with Gasteiger partial charge in [0.15, 0.2) is 0 Å². The number of nitrogens with zero attached hydrogens (tertiary/aromatic N) is 2. The van der Waals surface area contributed by atoms with Crippen molar-refractivity contribution in [1.29, 1.82) is 0 Å². The molecule has 104 valence electrons. The Balaban J connectivity index is 2.73. The van der Waals surface area contributed by atoms with E-state index in [1.54, 1.807) is 7.11 Å². The first-order valence-electron chi connectivity index (χ1n) is 5.82. The number of rotatable bonds is 4. The zero-order valence-electron chi connectivity index (χ0n) is 11.0. The number of ether oxygens (including phenoxy) is 1. The van der Waals surface area contributed by atoms with Gasteiger partial charge in [-0.05, 0) is 19.9 Å². The normalized spacial score (nSPS) is 12.3. The van der Waals surface area contributed by atoms with E-state index in [0.29, 0.717) is 23.5 Å². The second kappa shape index (κ2) is 5.27. The van der Waals surface area contributed by atoms with E-state index in [1.807, 2.05) is 18.4 Å². The molecule has 0 aliphatic rings. The Hall–Kier alpha value is -0.840. The van der Waals surface area contributed by atoms with E-state index >= 15 is 0 Å². The molecule has 0 amide bonds. The molecule has 2 rings (SSSR count). The zero-order valence-corrected chi connectivity index (χ0v) is 12.5. The maximum Gasteiger partial charge on any atom is 0.144 e. The smallest absolute Gasteiger partial charge is 0.144 e. The third-order valence-electron chi connectivity index (χ3n) is 2.99. The molecule has 0 unspecified atom stereocenters. The van der Waals surface area contributed by atoms with Gasteiger partial charge in [-0.15, -0.1) is 11.6 Å². The van der Waals surface area contributed by atoms with E-state index in [2.05, 4.69) is 4.98 Å². The van der Waals surface area contributed by atoms with Crippen LogP contribution in [0.5, 0.6) is 0 Å². The molecule has 0 radical (unpaired) electrons. The van der Waals surface area contributed by atoms with Gasteiger partial charge in [0, 0.05) is 13.2 Å². The summed E-state index contributed by atoms with van der Waals surface area (Å²) >= 11 is 11.7. The van der Waals surface area contributed by atoms with Crippen molar-refractivity contribution in [3.63, 3.8) is 0 Å². The Morgan fingerprint density at radius 2 is 2.11 bits per heavy atom. The lowest BCUT2D eigenvalue weighted by molar-refractivity contribution is 0.110. The number of alkyl halides is 1. The summed E-state index contributed by atoms with van der Waals surface area (Å²) < 4.78 is 20.8. The molecule has 2 aromatic rings. The number of fused-ring (bicyclic) bond motifs is 1. The molecule has 19 heavy (non-hydrogen) atoms. The Bertz CT molecular complexity index is 610. The predicted molar refractivity (Wildman–Crippen MR) is 75.5 cm³/mol. The fraction of sp³-hybridized carbons (Fsp3) is 0.462. The van der Waals surface area contributed by atoms with E-state index < -0.39 is 5.82 Å². The second-order valence-electron chi connectivity index (χ2n) is 5.00. The van der Waals surface area contributed by atoms with Crippen LogP contribution < -0.4 is 0 Å². The van der Waals surface area contributed by atoms with Crippen LogP contribution in [0.1, 0.15) is 19.7 Å². The molecule has 0 spiro atoms. The summed E-state index contributed by atoms with van der Waals surface area (Å²) in [7, 11) is 1.62. The molecule has 0 bridgehead atoms. The van der Waals surface area contributed by atoms with Crippen molar-refractivity contribution >= 4 is 34.2 Å². The van der Waals surface area contributed by atoms with Crippen molar-refractivity contribution in [3.8, 4) is 0 Å². The highest BCUT2D eigenvalue weighted by Gasteiger charge is 2.26. The summed E-state index contributed by atoms with van der Waals surface area (Å²) in [5.74, 6) is 0.436. The molecule has 0 saturated carbocycles. The van der Waals surface area contributed by atoms with Crippen molar-refractivity contribution in [2.45, 2.75) is 25.3 Å². The molecule has 0 aliphatic heterocycles. The van der Waals surface area contributed by atoms with Gasteiger partial charge in [0.2, 0.25) is 0 Å². The molecule has 1 heterocycles. The van der Waals surface area contributed by atoms with Crippen molar-refractivity contribution in [2.24, 2.45) is 0 Å². The predicted octanol–water partition coefficient (Wildman–Crippen LogP) is 3.95. The quantitative estimate of drug-likeness (QED) is 0.800. The second-order valence-corrected chi connectivity index (χ2v) is 5.67. The molecule has 6 heteroatoms. The van der Waals surface area contributed by atoms with E-state index in [9.17, 15) is 4.39 Å². The van der Waals surface area contributed by atoms with Crippen LogP contribution in [-0.4, -0.2) is 23.3 Å². The summed E-state index contributed by atoms with van der Waals surface area (Å²) in [6.07, 6.45) is 0. The summed E-state index contributed by atoms with van der Waals surface area (Å²) in [5.41, 5.74) is 0.916. The third kappa shape index (κ3) is 2.57. The number of imidazole rings is 1. The molecule has 0 N–H and O–H groups in total. The Labute approximate surface area is 121 Å². The van der Waals surface area contributed by atoms with Gasteiger partial charge in [0.1, 0.15) is 11.6 Å². The minimum Gasteiger partial charge on any atom is -0.382 e. The van der Waals surface area contributed by atoms with Crippen LogP contribution in [0.2, 0.25) is 5.02 Å². The lowest BCUT2D eigenvalue weighted by Crippen LogP contribution is -2.32. The minimum absolute atomic E-state index is 0.0582. The molecule has 0 fully saturated rings. The largest absolute Gasteiger partial charge is 0.382 e. The molecule has 1 aromatic carbocycles. The molecule has 1 aromatic heterocycles. The monoisotopic (exact) mass is 304 g/mol. The maximum absolute atomic E-state index is 13.7. The number of methoxy groups -OCH3 is 1. The number of halogens is 3. The van der Waals surface area contributed by atoms with E-state index in [0.717, 1.165) is 0 Å². The molecule has 0 aliphatic carbocycles. The summed E-state index contributed by atoms with van der Waals surface area (Å²) in [6.45, 7) is 4.44. The van der Waals surface area contributed by atoms with Crippen molar-refractivity contribution in [3.05, 3.63) is 28.8 Å². The van der Waals surface area contributed by atoms with E-state index in [1.165, 1.54) is 12.1 Å². The SMILES string of the molecule is COCC(C)(C)n1c(CCl)nc2cc(Cl)c(F)cc21. The standard InChI is InChI=1S/C13H15Cl2FN2O/c1-13(2,7-19-3)18-11-5-9(16)8(15)4-10(11)17-12(18)6-14/h4-5H,6-7H2,1-3H3. The summed E-state index contributed by atoms with van der Waals surface area (Å²) in [4.78, 5) is 4.41. The number of hydrogen-bond acceptors (Lipinski definition) is 2. The fourth-order valence-electron chi connectivity index (χ4n) is 2.31. The van der Waals surface area contributed by atoms with Gasteiger partial charge < -0.3 is 9.30 Å². The number of aromatic nitrogens is 2. The Kier molecular flexibility index (Phi) is 4.04. The highest BCUT2D eigenvalue weighted by atomic mass is 35.5. The summed E-state index contributed by atoms with van der Waals surface area (Å²) in [5, 5.41) is 0.0582. The first kappa shape index (κ1) is 14.6. The van der Waals surface area contributed by atoms with Crippen LogP contribution in [0.4, 0.5) is 4.39 Å². The van der Waals surface area contributed by atoms with Gasteiger partial charge in [-0.2, -0.15) is 0 Å². The fourth-order valence-corrected chi connectivity index (χ4v) is 2.64. The number of benzene rings is 1. The first-order chi connectivity index (χ1) is 8.90. The van der Waals surface area contributed by atoms with Crippen LogP contribution in [0.25, 0.3) is 11.0 Å². The van der Waals surface area contributed by atoms with Gasteiger partial charge in [0.25, 0.3) is 0 Å². The highest BCUT2D eigenvalue weighted by Crippen LogP contribution is 2.29. The molecular formula is C13H15Cl2FN2O. The van der Waals surface area contributed by atoms with E-state index in [4.69, 9.17) is 27.9 Å². The highest BCUT2D eigenvalue weighted by molar-refractivity contribution is 6.31. The lowest BCUT2D eigenvalue weighted by atomic mass is 10.1. The average Bonchev–Trinajstić information content (AvgIpc) is 2.68. The van der Waals surface area contributed by atoms with Crippen LogP contribution in [0, 0.1) is 5.82 Å². The summed E-state index contributed by atoms with van der Waals surface area (Å²) in [6, 6.07) is 2.90. The average molecular weight is 305 g/mol. The van der Waals surface area contributed by atoms with E-state index in [-0.39, 0.29) is 16.4 Å². The molecular weight excluding hydrogens is 290 g/mol. The Morgan fingerprint density at radius 3 is 2.68 bits per heavy atom. The molecule has 0 saturated heterocycles. The van der Waals surface area contributed by atoms with Crippen LogP contribution in [0.15, 0.2) is 12.1 Å². The van der Waals surface area contributed by atoms with Gasteiger partial charge in [0.05, 0.1) is 34.1 Å². The molecule has 0 atom stereocenters. The van der Waals surface area contributed by atoms with Gasteiger partial charge in [-0.1, -0.05) is 11.6 Å². The zero-order chi connectivity index (χ0) is 14.2. The maximum atomic E-state index is 13.7. The molecule has 3 nitrogen and oxygen atoms in total. The topological polar surface area (TPSA) is 27.1 Å². The minimum atomic E-state index is -0.468. The van der Waals surface area contributed by atoms with Crippen LogP contribution in [-0.2, 0) is 16.2 Å². The third-order valence-corrected chi connectivity index (χ3v) is 3.52. The van der Waals surface area contributed by atoms with Crippen LogP contribution >= 0.6 is 23.2 Å². The Morgan fingerprint density at radius 1 is 1.42 bits per heavy atom. The van der Waals surface area contributed by atoms with Crippen molar-refractivity contribution in [1.82, 2.24) is 9.55 Å². The van der Waals surface area contributed by atoms with Crippen molar-refractivity contribution in [2.75, 3.05) is 13.7 Å². The van der Waals surface area contributed by atoms with Gasteiger partial charge >= 0.3 is 0 Å². The number of hydrogen-bond donors (Lipinski definition) is 0. The van der Waals surface area contributed by atoms with Crippen molar-refractivity contribution < 1.29 is 9.13 Å². The first-order valence-corrected chi connectivity index (χ1v) is 6.73. The van der Waals surface area contributed by atoms with Gasteiger partial charge in [-0.3, -0.25) is 0 Å². The lowest BCUT2D eigenvalue weighted by Gasteiger charge is -2.28. The van der Waals surface area contributed by atoms with Crippen LogP contribution in [0.3, 0.4) is 0 Å². The van der Waals surface area contributed by atoms with Gasteiger partial charge in [-0.25, -0.2) is 9.37 Å².